The number of nitrogen functional groups attached to an aromatic ring is 1. The zero-order valence-corrected chi connectivity index (χ0v) is 14.3. The summed E-state index contributed by atoms with van der Waals surface area (Å²) in [6.07, 6.45) is 1.09. The first-order valence-corrected chi connectivity index (χ1v) is 9.13. The third-order valence-electron chi connectivity index (χ3n) is 3.04. The minimum atomic E-state index is 0.553. The number of thiophene rings is 1. The third-order valence-corrected chi connectivity index (χ3v) is 6.07. The predicted molar refractivity (Wildman–Crippen MR) is 93.4 cm³/mol. The standard InChI is InChI=1S/C14H16N4S3/c1-3-9-4-5-10(20-9)6-16-13-11(12(15)18-21-13)14-17-8(2)7-19-14/h4-5,7,16H,3,6H2,1-2H3,(H2,15,18). The smallest absolute Gasteiger partial charge is 0.149 e. The van der Waals surface area contributed by atoms with E-state index < -0.39 is 0 Å². The number of aromatic nitrogens is 2. The number of rotatable bonds is 5. The zero-order valence-electron chi connectivity index (χ0n) is 11.8. The second-order valence-electron chi connectivity index (χ2n) is 4.64. The minimum Gasteiger partial charge on any atom is -0.382 e. The highest BCUT2D eigenvalue weighted by Crippen LogP contribution is 2.38. The van der Waals surface area contributed by atoms with Gasteiger partial charge in [0.1, 0.15) is 15.8 Å². The van der Waals surface area contributed by atoms with E-state index in [2.05, 4.69) is 33.7 Å². The lowest BCUT2D eigenvalue weighted by Crippen LogP contribution is -1.97. The first kappa shape index (κ1) is 14.5. The molecule has 3 aromatic heterocycles. The van der Waals surface area contributed by atoms with E-state index in [-0.39, 0.29) is 0 Å². The van der Waals surface area contributed by atoms with Crippen LogP contribution in [0, 0.1) is 6.92 Å². The Morgan fingerprint density at radius 3 is 2.76 bits per heavy atom. The van der Waals surface area contributed by atoms with Gasteiger partial charge in [-0.25, -0.2) is 4.98 Å². The van der Waals surface area contributed by atoms with Crippen molar-refractivity contribution in [2.45, 2.75) is 26.8 Å². The number of hydrogen-bond donors (Lipinski definition) is 2. The van der Waals surface area contributed by atoms with Gasteiger partial charge in [-0.3, -0.25) is 0 Å². The molecule has 0 aromatic carbocycles. The number of hydrogen-bond acceptors (Lipinski definition) is 7. The minimum absolute atomic E-state index is 0.553. The maximum Gasteiger partial charge on any atom is 0.149 e. The normalized spacial score (nSPS) is 11.0. The van der Waals surface area contributed by atoms with Gasteiger partial charge in [0.2, 0.25) is 0 Å². The van der Waals surface area contributed by atoms with E-state index in [1.165, 1.54) is 21.3 Å². The first-order valence-electron chi connectivity index (χ1n) is 6.66. The topological polar surface area (TPSA) is 63.8 Å². The Balaban J connectivity index is 1.80. The van der Waals surface area contributed by atoms with Gasteiger partial charge >= 0.3 is 0 Å². The Bertz CT molecular complexity index is 741. The van der Waals surface area contributed by atoms with Gasteiger partial charge in [0.15, 0.2) is 0 Å². The van der Waals surface area contributed by atoms with Crippen molar-refractivity contribution in [2.75, 3.05) is 11.1 Å². The van der Waals surface area contributed by atoms with Crippen molar-refractivity contribution in [1.29, 1.82) is 0 Å². The van der Waals surface area contributed by atoms with Crippen LogP contribution in [0.4, 0.5) is 10.8 Å². The summed E-state index contributed by atoms with van der Waals surface area (Å²) in [7, 11) is 0. The van der Waals surface area contributed by atoms with Gasteiger partial charge in [-0.2, -0.15) is 4.37 Å². The lowest BCUT2D eigenvalue weighted by Gasteiger charge is -2.04. The van der Waals surface area contributed by atoms with Crippen molar-refractivity contribution >= 4 is 45.0 Å². The van der Waals surface area contributed by atoms with E-state index >= 15 is 0 Å². The van der Waals surface area contributed by atoms with E-state index in [0.717, 1.165) is 34.2 Å². The summed E-state index contributed by atoms with van der Waals surface area (Å²) < 4.78 is 4.26. The van der Waals surface area contributed by atoms with Gasteiger partial charge in [-0.1, -0.05) is 6.92 Å². The van der Waals surface area contributed by atoms with Crippen LogP contribution in [0.25, 0.3) is 10.6 Å². The number of nitrogens with one attached hydrogen (secondary N) is 1. The lowest BCUT2D eigenvalue weighted by atomic mass is 10.3. The van der Waals surface area contributed by atoms with Gasteiger partial charge in [0.25, 0.3) is 0 Å². The average molecular weight is 337 g/mol. The van der Waals surface area contributed by atoms with Gasteiger partial charge in [0.05, 0.1) is 12.1 Å². The van der Waals surface area contributed by atoms with Crippen molar-refractivity contribution in [3.63, 3.8) is 0 Å². The molecule has 0 fully saturated rings. The summed E-state index contributed by atoms with van der Waals surface area (Å²) in [5, 5.41) is 7.41. The Labute approximate surface area is 135 Å². The molecule has 0 atom stereocenters. The van der Waals surface area contributed by atoms with Crippen LogP contribution >= 0.6 is 34.2 Å². The van der Waals surface area contributed by atoms with Crippen molar-refractivity contribution in [3.05, 3.63) is 33.0 Å². The molecule has 0 aliphatic carbocycles. The SMILES string of the molecule is CCc1ccc(CNc2snc(N)c2-c2nc(C)cs2)s1. The molecule has 3 N–H and O–H groups in total. The van der Waals surface area contributed by atoms with E-state index in [9.17, 15) is 0 Å². The van der Waals surface area contributed by atoms with Crippen LogP contribution in [0.2, 0.25) is 0 Å². The van der Waals surface area contributed by atoms with Gasteiger partial charge in [-0.05, 0) is 37.0 Å². The summed E-state index contributed by atoms with van der Waals surface area (Å²) in [5.41, 5.74) is 7.95. The lowest BCUT2D eigenvalue weighted by molar-refractivity contribution is 1.19. The highest BCUT2D eigenvalue weighted by atomic mass is 32.1. The quantitative estimate of drug-likeness (QED) is 0.725. The predicted octanol–water partition coefficient (Wildman–Crippen LogP) is 4.39. The van der Waals surface area contributed by atoms with Gasteiger partial charge < -0.3 is 11.1 Å². The van der Waals surface area contributed by atoms with Crippen LogP contribution in [0.3, 0.4) is 0 Å². The fourth-order valence-electron chi connectivity index (χ4n) is 1.97. The van der Waals surface area contributed by atoms with E-state index in [1.54, 1.807) is 11.3 Å². The fourth-order valence-corrected chi connectivity index (χ4v) is 4.50. The molecule has 110 valence electrons. The Kier molecular flexibility index (Phi) is 4.23. The first-order chi connectivity index (χ1) is 10.2. The van der Waals surface area contributed by atoms with Crippen LogP contribution in [-0.4, -0.2) is 9.36 Å². The molecule has 0 radical (unpaired) electrons. The molecule has 0 amide bonds. The molecule has 0 saturated heterocycles. The number of aryl methyl sites for hydroxylation is 2. The highest BCUT2D eigenvalue weighted by molar-refractivity contribution is 7.15. The molecule has 0 bridgehead atoms. The fraction of sp³-hybridized carbons (Fsp3) is 0.286. The number of nitrogens with two attached hydrogens (primary N) is 1. The van der Waals surface area contributed by atoms with Gasteiger partial charge in [0, 0.05) is 20.8 Å². The van der Waals surface area contributed by atoms with Crippen LogP contribution in [0.5, 0.6) is 0 Å². The molecule has 3 rings (SSSR count). The molecule has 7 heteroatoms. The monoisotopic (exact) mass is 336 g/mol. The van der Waals surface area contributed by atoms with Crippen molar-refractivity contribution in [2.24, 2.45) is 0 Å². The Hall–Kier alpha value is -1.44. The number of anilines is 2. The molecule has 0 spiro atoms. The van der Waals surface area contributed by atoms with Crippen LogP contribution in [0.1, 0.15) is 22.4 Å². The number of thiazole rings is 1. The molecule has 0 saturated carbocycles. The molecule has 0 aliphatic heterocycles. The summed E-state index contributed by atoms with van der Waals surface area (Å²) >= 11 is 4.84. The Morgan fingerprint density at radius 1 is 1.29 bits per heavy atom. The summed E-state index contributed by atoms with van der Waals surface area (Å²) in [6.45, 7) is 4.96. The van der Waals surface area contributed by atoms with E-state index in [1.807, 2.05) is 23.6 Å². The van der Waals surface area contributed by atoms with Crippen molar-refractivity contribution in [3.8, 4) is 10.6 Å². The highest BCUT2D eigenvalue weighted by Gasteiger charge is 2.16. The molecule has 3 heterocycles. The second-order valence-corrected chi connectivity index (χ2v) is 7.53. The maximum atomic E-state index is 6.01. The molecular formula is C14H16N4S3. The van der Waals surface area contributed by atoms with E-state index in [0.29, 0.717) is 5.82 Å². The molecule has 0 aliphatic rings. The molecule has 0 unspecified atom stereocenters. The van der Waals surface area contributed by atoms with Crippen LogP contribution in [-0.2, 0) is 13.0 Å². The van der Waals surface area contributed by atoms with Crippen molar-refractivity contribution in [1.82, 2.24) is 9.36 Å². The maximum absolute atomic E-state index is 6.01. The molecule has 4 nitrogen and oxygen atoms in total. The molecular weight excluding hydrogens is 320 g/mol. The molecule has 3 aromatic rings. The van der Waals surface area contributed by atoms with Crippen molar-refractivity contribution < 1.29 is 0 Å². The average Bonchev–Trinajstić information content (AvgIpc) is 3.16. The second kappa shape index (κ2) is 6.13. The Morgan fingerprint density at radius 2 is 2.10 bits per heavy atom. The largest absolute Gasteiger partial charge is 0.382 e. The number of nitrogens with zero attached hydrogens (tertiary/aromatic N) is 2. The van der Waals surface area contributed by atoms with Crippen LogP contribution < -0.4 is 11.1 Å². The van der Waals surface area contributed by atoms with Crippen LogP contribution in [0.15, 0.2) is 17.5 Å². The summed E-state index contributed by atoms with van der Waals surface area (Å²) in [4.78, 5) is 7.24. The summed E-state index contributed by atoms with van der Waals surface area (Å²) in [5.74, 6) is 0.553. The summed E-state index contributed by atoms with van der Waals surface area (Å²) in [6, 6.07) is 4.36. The molecule has 21 heavy (non-hydrogen) atoms. The zero-order chi connectivity index (χ0) is 14.8. The van der Waals surface area contributed by atoms with E-state index in [4.69, 9.17) is 5.73 Å². The third kappa shape index (κ3) is 3.09. The van der Waals surface area contributed by atoms with Gasteiger partial charge in [-0.15, -0.1) is 22.7 Å².